The van der Waals surface area contributed by atoms with Gasteiger partial charge in [-0.05, 0) is 5.56 Å². The molecule has 1 aromatic rings. The molecule has 5 nitrogen and oxygen atoms in total. The summed E-state index contributed by atoms with van der Waals surface area (Å²) < 4.78 is 15.4. The van der Waals surface area contributed by atoms with Crippen molar-refractivity contribution in [1.82, 2.24) is 0 Å². The normalized spacial score (nSPS) is 22.1. The Morgan fingerprint density at radius 3 is 2.50 bits per heavy atom. The Labute approximate surface area is 117 Å². The molecule has 1 heterocycles. The van der Waals surface area contributed by atoms with E-state index in [9.17, 15) is 9.59 Å². The van der Waals surface area contributed by atoms with Gasteiger partial charge in [0, 0.05) is 12.5 Å². The van der Waals surface area contributed by atoms with Crippen LogP contribution in [0, 0.1) is 5.41 Å². The lowest BCUT2D eigenvalue weighted by Crippen LogP contribution is -2.36. The van der Waals surface area contributed by atoms with Crippen LogP contribution >= 0.6 is 0 Å². The largest absolute Gasteiger partial charge is 0.462 e. The molecule has 1 saturated heterocycles. The molecular formula is C15H18O5. The third-order valence-electron chi connectivity index (χ3n) is 3.30. The minimum atomic E-state index is -0.892. The molecule has 108 valence electrons. The lowest BCUT2D eigenvalue weighted by molar-refractivity contribution is -0.171. The number of carbonyl (C=O) groups excluding carboxylic acids is 2. The fraction of sp³-hybridized carbons (Fsp3) is 0.467. The summed E-state index contributed by atoms with van der Waals surface area (Å²) in [4.78, 5) is 23.8. The number of esters is 2. The Kier molecular flexibility index (Phi) is 4.09. The third kappa shape index (κ3) is 2.82. The summed E-state index contributed by atoms with van der Waals surface area (Å²) in [6, 6.07) is 9.00. The summed E-state index contributed by atoms with van der Waals surface area (Å²) in [5.41, 5.74) is 0.158. The summed E-state index contributed by atoms with van der Waals surface area (Å²) in [5, 5.41) is 0. The van der Waals surface area contributed by atoms with E-state index < -0.39 is 29.6 Å². The number of benzene rings is 1. The van der Waals surface area contributed by atoms with Gasteiger partial charge in [0.05, 0.1) is 0 Å². The minimum absolute atomic E-state index is 0.243. The summed E-state index contributed by atoms with van der Waals surface area (Å²) in [5.74, 6) is -1.10. The minimum Gasteiger partial charge on any atom is -0.462 e. The molecule has 0 spiro atoms. The van der Waals surface area contributed by atoms with Gasteiger partial charge in [0.15, 0.2) is 6.10 Å². The summed E-state index contributed by atoms with van der Waals surface area (Å²) in [6.07, 6.45) is -1.74. The van der Waals surface area contributed by atoms with E-state index in [4.69, 9.17) is 14.2 Å². The molecule has 0 aliphatic carbocycles. The highest BCUT2D eigenvalue weighted by molar-refractivity contribution is 5.84. The van der Waals surface area contributed by atoms with E-state index in [0.717, 1.165) is 0 Å². The number of carbonyl (C=O) groups is 2. The molecule has 5 heteroatoms. The first-order chi connectivity index (χ1) is 9.45. The van der Waals surface area contributed by atoms with Gasteiger partial charge in [-0.15, -0.1) is 0 Å². The Bertz CT molecular complexity index is 494. The van der Waals surface area contributed by atoms with Crippen LogP contribution in [0.2, 0.25) is 0 Å². The van der Waals surface area contributed by atoms with Gasteiger partial charge in [-0.3, -0.25) is 0 Å². The fourth-order valence-electron chi connectivity index (χ4n) is 2.11. The molecule has 0 radical (unpaired) electrons. The molecule has 20 heavy (non-hydrogen) atoms. The lowest BCUT2D eigenvalue weighted by Gasteiger charge is -2.24. The predicted molar refractivity (Wildman–Crippen MR) is 70.8 cm³/mol. The molecule has 2 rings (SSSR count). The maximum Gasteiger partial charge on any atom is 0.348 e. The fourth-order valence-corrected chi connectivity index (χ4v) is 2.11. The Hall–Kier alpha value is -1.88. The van der Waals surface area contributed by atoms with Gasteiger partial charge < -0.3 is 14.2 Å². The van der Waals surface area contributed by atoms with E-state index in [2.05, 4.69) is 0 Å². The summed E-state index contributed by atoms with van der Waals surface area (Å²) in [6.45, 7) is 3.88. The van der Waals surface area contributed by atoms with Crippen molar-refractivity contribution < 1.29 is 23.8 Å². The van der Waals surface area contributed by atoms with Gasteiger partial charge in [0.1, 0.15) is 6.61 Å². The zero-order valence-electron chi connectivity index (χ0n) is 11.8. The highest BCUT2D eigenvalue weighted by Crippen LogP contribution is 2.32. The number of hydrogen-bond acceptors (Lipinski definition) is 5. The molecule has 1 aliphatic rings. The highest BCUT2D eigenvalue weighted by atomic mass is 16.6. The van der Waals surface area contributed by atoms with Crippen LogP contribution in [0.25, 0.3) is 0 Å². The molecule has 1 aromatic carbocycles. The van der Waals surface area contributed by atoms with Gasteiger partial charge in [0.25, 0.3) is 0 Å². The standard InChI is InChI=1S/C15H18O5/c1-15(2)9-19-14(17)12(15)20-13(16)11(18-3)10-7-5-4-6-8-10/h4-8,11-12H,9H2,1-3H3/t11-,12+/m1/s1. The molecule has 0 amide bonds. The van der Waals surface area contributed by atoms with Crippen LogP contribution in [0.1, 0.15) is 25.5 Å². The van der Waals surface area contributed by atoms with Crippen LogP contribution in [0.5, 0.6) is 0 Å². The van der Waals surface area contributed by atoms with Crippen LogP contribution in [-0.4, -0.2) is 31.8 Å². The van der Waals surface area contributed by atoms with Crippen LogP contribution in [-0.2, 0) is 23.8 Å². The number of methoxy groups -OCH3 is 1. The SMILES string of the molecule is CO[C@@H](C(=O)O[C@H]1C(=O)OCC1(C)C)c1ccccc1. The predicted octanol–water partition coefficient (Wildman–Crippen LogP) is 1.87. The van der Waals surface area contributed by atoms with Gasteiger partial charge in [0.2, 0.25) is 6.10 Å². The van der Waals surface area contributed by atoms with E-state index in [1.807, 2.05) is 32.0 Å². The van der Waals surface area contributed by atoms with Crippen molar-refractivity contribution in [2.75, 3.05) is 13.7 Å². The lowest BCUT2D eigenvalue weighted by atomic mass is 9.90. The first-order valence-corrected chi connectivity index (χ1v) is 6.40. The molecule has 1 fully saturated rings. The number of rotatable bonds is 4. The van der Waals surface area contributed by atoms with Crippen LogP contribution in [0.3, 0.4) is 0 Å². The van der Waals surface area contributed by atoms with E-state index in [0.29, 0.717) is 5.56 Å². The van der Waals surface area contributed by atoms with Crippen molar-refractivity contribution in [3.63, 3.8) is 0 Å². The second-order valence-electron chi connectivity index (χ2n) is 5.44. The van der Waals surface area contributed by atoms with Gasteiger partial charge in [-0.2, -0.15) is 0 Å². The molecule has 2 atom stereocenters. The first kappa shape index (κ1) is 14.5. The Morgan fingerprint density at radius 2 is 2.00 bits per heavy atom. The van der Waals surface area contributed by atoms with Crippen molar-refractivity contribution >= 4 is 11.9 Å². The second-order valence-corrected chi connectivity index (χ2v) is 5.44. The maximum absolute atomic E-state index is 12.2. The van der Waals surface area contributed by atoms with Gasteiger partial charge >= 0.3 is 11.9 Å². The van der Waals surface area contributed by atoms with Crippen molar-refractivity contribution in [2.24, 2.45) is 5.41 Å². The Balaban J connectivity index is 2.13. The molecule has 1 aliphatic heterocycles. The van der Waals surface area contributed by atoms with E-state index in [1.54, 1.807) is 12.1 Å². The zero-order chi connectivity index (χ0) is 14.8. The van der Waals surface area contributed by atoms with Crippen molar-refractivity contribution in [3.05, 3.63) is 35.9 Å². The van der Waals surface area contributed by atoms with Crippen LogP contribution < -0.4 is 0 Å². The molecule has 0 aromatic heterocycles. The monoisotopic (exact) mass is 278 g/mol. The smallest absolute Gasteiger partial charge is 0.348 e. The Morgan fingerprint density at radius 1 is 1.35 bits per heavy atom. The quantitative estimate of drug-likeness (QED) is 0.787. The van der Waals surface area contributed by atoms with Crippen LogP contribution in [0.4, 0.5) is 0 Å². The van der Waals surface area contributed by atoms with Crippen LogP contribution in [0.15, 0.2) is 30.3 Å². The third-order valence-corrected chi connectivity index (χ3v) is 3.30. The number of cyclic esters (lactones) is 1. The topological polar surface area (TPSA) is 61.8 Å². The number of ether oxygens (including phenoxy) is 3. The van der Waals surface area contributed by atoms with Crippen molar-refractivity contribution in [3.8, 4) is 0 Å². The maximum atomic E-state index is 12.2. The van der Waals surface area contributed by atoms with Crippen molar-refractivity contribution in [2.45, 2.75) is 26.1 Å². The molecule has 0 bridgehead atoms. The van der Waals surface area contributed by atoms with Gasteiger partial charge in [-0.1, -0.05) is 44.2 Å². The van der Waals surface area contributed by atoms with E-state index in [-0.39, 0.29) is 6.61 Å². The molecule has 0 unspecified atom stereocenters. The average molecular weight is 278 g/mol. The summed E-state index contributed by atoms with van der Waals surface area (Å²) in [7, 11) is 1.43. The molecule has 0 saturated carbocycles. The molecular weight excluding hydrogens is 260 g/mol. The van der Waals surface area contributed by atoms with E-state index in [1.165, 1.54) is 7.11 Å². The van der Waals surface area contributed by atoms with Gasteiger partial charge in [-0.25, -0.2) is 9.59 Å². The van der Waals surface area contributed by atoms with E-state index >= 15 is 0 Å². The number of hydrogen-bond donors (Lipinski definition) is 0. The molecule has 0 N–H and O–H groups in total. The average Bonchev–Trinajstić information content (AvgIpc) is 2.68. The second kappa shape index (κ2) is 5.63. The van der Waals surface area contributed by atoms with Crippen molar-refractivity contribution in [1.29, 1.82) is 0 Å². The first-order valence-electron chi connectivity index (χ1n) is 6.40. The highest BCUT2D eigenvalue weighted by Gasteiger charge is 2.47. The zero-order valence-corrected chi connectivity index (χ0v) is 11.8. The summed E-state index contributed by atoms with van der Waals surface area (Å²) >= 11 is 0.